The van der Waals surface area contributed by atoms with Crippen molar-refractivity contribution in [1.82, 2.24) is 25.0 Å². The first kappa shape index (κ1) is 31.5. The van der Waals surface area contributed by atoms with Gasteiger partial charge in [0.15, 0.2) is 5.82 Å². The number of rotatable bonds is 11. The first-order valence-electron chi connectivity index (χ1n) is 11.7. The van der Waals surface area contributed by atoms with E-state index in [1.165, 1.54) is 30.3 Å². The molecule has 17 heteroatoms. The Hall–Kier alpha value is -4.05. The van der Waals surface area contributed by atoms with E-state index in [1.54, 1.807) is 0 Å². The van der Waals surface area contributed by atoms with Gasteiger partial charge in [-0.3, -0.25) is 14.2 Å². The van der Waals surface area contributed by atoms with E-state index in [9.17, 15) is 40.7 Å². The van der Waals surface area contributed by atoms with E-state index in [0.717, 1.165) is 22.8 Å². The van der Waals surface area contributed by atoms with E-state index >= 15 is 0 Å². The number of carbonyl (C=O) groups is 2. The number of aromatic nitrogens is 3. The summed E-state index contributed by atoms with van der Waals surface area (Å²) < 4.78 is 81.9. The van der Waals surface area contributed by atoms with Gasteiger partial charge >= 0.3 is 18.2 Å². The third kappa shape index (κ3) is 9.24. The van der Waals surface area contributed by atoms with Crippen LogP contribution in [0, 0.1) is 0 Å². The molecule has 0 aliphatic carbocycles. The van der Waals surface area contributed by atoms with Crippen LogP contribution in [0.3, 0.4) is 0 Å². The molecular formula is C24H22ClF6N5O5. The van der Waals surface area contributed by atoms with Gasteiger partial charge in [0.1, 0.15) is 18.3 Å². The predicted molar refractivity (Wildman–Crippen MR) is 132 cm³/mol. The molecule has 0 saturated heterocycles. The predicted octanol–water partition coefficient (Wildman–Crippen LogP) is 3.18. The van der Waals surface area contributed by atoms with Crippen molar-refractivity contribution in [2.75, 3.05) is 13.2 Å². The molecule has 1 heterocycles. The van der Waals surface area contributed by atoms with Gasteiger partial charge in [-0.25, -0.2) is 9.48 Å². The fraction of sp³-hybridized carbons (Fsp3) is 0.333. The molecule has 0 aliphatic rings. The Morgan fingerprint density at radius 2 is 1.76 bits per heavy atom. The number of halogens is 7. The Morgan fingerprint density at radius 1 is 1.07 bits per heavy atom. The number of ether oxygens (including phenoxy) is 1. The summed E-state index contributed by atoms with van der Waals surface area (Å²) in [7, 11) is 0. The number of amides is 2. The van der Waals surface area contributed by atoms with Crippen molar-refractivity contribution in [3.8, 4) is 17.1 Å². The largest absolute Gasteiger partial charge is 0.573 e. The normalized spacial score (nSPS) is 12.6. The molecule has 0 aliphatic heterocycles. The van der Waals surface area contributed by atoms with Crippen molar-refractivity contribution in [3.63, 3.8) is 0 Å². The van der Waals surface area contributed by atoms with Gasteiger partial charge in [-0.15, -0.1) is 18.3 Å². The highest BCUT2D eigenvalue weighted by Gasteiger charge is 2.32. The minimum absolute atomic E-state index is 0.138. The molecule has 0 radical (unpaired) electrons. The Kier molecular flexibility index (Phi) is 10.0. The summed E-state index contributed by atoms with van der Waals surface area (Å²) in [6, 6.07) is 8.25. The monoisotopic (exact) mass is 609 g/mol. The summed E-state index contributed by atoms with van der Waals surface area (Å²) >= 11 is 5.86. The molecule has 3 rings (SSSR count). The summed E-state index contributed by atoms with van der Waals surface area (Å²) in [5.41, 5.74) is -0.966. The lowest BCUT2D eigenvalue weighted by Crippen LogP contribution is -2.43. The number of nitrogens with one attached hydrogen (secondary N) is 2. The molecule has 0 fully saturated rings. The van der Waals surface area contributed by atoms with Gasteiger partial charge in [0, 0.05) is 23.7 Å². The molecule has 0 saturated carbocycles. The molecule has 1 atom stereocenters. The fourth-order valence-electron chi connectivity index (χ4n) is 3.61. The standard InChI is InChI=1S/C24H22ClF6N5O5/c25-16-6-4-14(5-7-16)20-34-36(22(40)35(20)10-8-23(26,27)28)13-18(38)33-19(21(39)32-9-11-37)15-2-1-3-17(12-15)41-24(29,30)31/h1-7,12,19,37H,8-11,13H2,(H,32,39)(H,33,38). The summed E-state index contributed by atoms with van der Waals surface area (Å²) in [4.78, 5) is 38.6. The van der Waals surface area contributed by atoms with E-state index in [1.807, 2.05) is 0 Å². The highest BCUT2D eigenvalue weighted by atomic mass is 35.5. The molecule has 0 spiro atoms. The third-order valence-corrected chi connectivity index (χ3v) is 5.59. The zero-order valence-corrected chi connectivity index (χ0v) is 21.6. The van der Waals surface area contributed by atoms with Gasteiger partial charge in [0.25, 0.3) is 0 Å². The smallest absolute Gasteiger partial charge is 0.406 e. The Labute approximate surface area is 232 Å². The lowest BCUT2D eigenvalue weighted by Gasteiger charge is -2.19. The lowest BCUT2D eigenvalue weighted by molar-refractivity contribution is -0.274. The average molecular weight is 610 g/mol. The number of hydrogen-bond donors (Lipinski definition) is 3. The molecule has 2 aromatic carbocycles. The number of alkyl halides is 6. The van der Waals surface area contributed by atoms with Gasteiger partial charge in [0.05, 0.1) is 13.0 Å². The van der Waals surface area contributed by atoms with Crippen molar-refractivity contribution in [2.45, 2.75) is 38.1 Å². The number of benzene rings is 2. The maximum absolute atomic E-state index is 13.0. The summed E-state index contributed by atoms with van der Waals surface area (Å²) in [6.07, 6.45) is -11.0. The second kappa shape index (κ2) is 13.1. The highest BCUT2D eigenvalue weighted by Crippen LogP contribution is 2.26. The van der Waals surface area contributed by atoms with Gasteiger partial charge < -0.3 is 20.5 Å². The molecule has 1 aromatic heterocycles. The van der Waals surface area contributed by atoms with Crippen LogP contribution in [0.25, 0.3) is 11.4 Å². The van der Waals surface area contributed by atoms with Crippen molar-refractivity contribution in [2.24, 2.45) is 0 Å². The number of aliphatic hydroxyl groups excluding tert-OH is 1. The molecule has 1 unspecified atom stereocenters. The molecule has 3 N–H and O–H groups in total. The molecule has 2 amide bonds. The van der Waals surface area contributed by atoms with E-state index in [4.69, 9.17) is 16.7 Å². The van der Waals surface area contributed by atoms with Crippen LogP contribution in [0.1, 0.15) is 18.0 Å². The van der Waals surface area contributed by atoms with Gasteiger partial charge in [-0.05, 0) is 42.0 Å². The maximum atomic E-state index is 13.0. The average Bonchev–Trinajstić information content (AvgIpc) is 3.18. The van der Waals surface area contributed by atoms with Crippen LogP contribution < -0.4 is 21.1 Å². The first-order valence-corrected chi connectivity index (χ1v) is 12.1. The number of hydrogen-bond acceptors (Lipinski definition) is 6. The van der Waals surface area contributed by atoms with Crippen LogP contribution in [0.2, 0.25) is 5.02 Å². The SMILES string of the molecule is O=C(Cn1nc(-c2ccc(Cl)cc2)n(CCC(F)(F)F)c1=O)NC(C(=O)NCCO)c1cccc(OC(F)(F)F)c1. The van der Waals surface area contributed by atoms with Crippen LogP contribution >= 0.6 is 11.6 Å². The van der Waals surface area contributed by atoms with Gasteiger partial charge in [-0.1, -0.05) is 23.7 Å². The number of carbonyl (C=O) groups excluding carboxylic acids is 2. The van der Waals surface area contributed by atoms with E-state index in [-0.39, 0.29) is 23.5 Å². The second-order valence-electron chi connectivity index (χ2n) is 8.42. The van der Waals surface area contributed by atoms with Crippen LogP contribution in [-0.4, -0.2) is 57.0 Å². The molecular weight excluding hydrogens is 588 g/mol. The zero-order chi connectivity index (χ0) is 30.4. The van der Waals surface area contributed by atoms with Crippen molar-refractivity contribution in [1.29, 1.82) is 0 Å². The Balaban J connectivity index is 1.91. The minimum atomic E-state index is -5.04. The molecule has 0 bridgehead atoms. The number of nitrogens with zero attached hydrogens (tertiary/aromatic N) is 3. The molecule has 3 aromatic rings. The lowest BCUT2D eigenvalue weighted by atomic mass is 10.1. The Morgan fingerprint density at radius 3 is 2.37 bits per heavy atom. The number of aliphatic hydroxyl groups is 1. The second-order valence-corrected chi connectivity index (χ2v) is 8.86. The van der Waals surface area contributed by atoms with Crippen LogP contribution in [0.4, 0.5) is 26.3 Å². The first-order chi connectivity index (χ1) is 19.2. The van der Waals surface area contributed by atoms with Gasteiger partial charge in [-0.2, -0.15) is 13.2 Å². The topological polar surface area (TPSA) is 127 Å². The third-order valence-electron chi connectivity index (χ3n) is 5.34. The van der Waals surface area contributed by atoms with Gasteiger partial charge in [0.2, 0.25) is 11.8 Å². The summed E-state index contributed by atoms with van der Waals surface area (Å²) in [6.45, 7) is -2.40. The summed E-state index contributed by atoms with van der Waals surface area (Å²) in [5.74, 6) is -2.81. The quantitative estimate of drug-likeness (QED) is 0.287. The van der Waals surface area contributed by atoms with Crippen molar-refractivity contribution >= 4 is 23.4 Å². The maximum Gasteiger partial charge on any atom is 0.573 e. The van der Waals surface area contributed by atoms with Crippen LogP contribution in [0.15, 0.2) is 53.3 Å². The highest BCUT2D eigenvalue weighted by molar-refractivity contribution is 6.30. The molecule has 222 valence electrons. The molecule has 41 heavy (non-hydrogen) atoms. The van der Waals surface area contributed by atoms with E-state index in [0.29, 0.717) is 9.70 Å². The molecule has 10 nitrogen and oxygen atoms in total. The minimum Gasteiger partial charge on any atom is -0.406 e. The van der Waals surface area contributed by atoms with E-state index < -0.39 is 68.0 Å². The Bertz CT molecular complexity index is 1420. The zero-order valence-electron chi connectivity index (χ0n) is 20.8. The van der Waals surface area contributed by atoms with E-state index in [2.05, 4.69) is 20.5 Å². The van der Waals surface area contributed by atoms with Crippen molar-refractivity contribution in [3.05, 3.63) is 69.6 Å². The van der Waals surface area contributed by atoms with Crippen molar-refractivity contribution < 1.29 is 45.8 Å². The van der Waals surface area contributed by atoms with Crippen LogP contribution in [0.5, 0.6) is 5.75 Å². The summed E-state index contributed by atoms with van der Waals surface area (Å²) in [5, 5.41) is 17.9. The van der Waals surface area contributed by atoms with Crippen LogP contribution in [-0.2, 0) is 22.7 Å². The fourth-order valence-corrected chi connectivity index (χ4v) is 3.74.